The molecule has 0 bridgehead atoms. The van der Waals surface area contributed by atoms with Crippen molar-refractivity contribution in [3.8, 4) is 0 Å². The third-order valence-corrected chi connectivity index (χ3v) is 3.15. The van der Waals surface area contributed by atoms with Gasteiger partial charge in [-0.2, -0.15) is 0 Å². The van der Waals surface area contributed by atoms with E-state index in [1.807, 2.05) is 6.92 Å². The number of carbonyl (C=O) groups is 1. The van der Waals surface area contributed by atoms with Crippen molar-refractivity contribution in [1.82, 2.24) is 5.32 Å². The molecule has 1 aromatic rings. The van der Waals surface area contributed by atoms with Crippen LogP contribution < -0.4 is 5.32 Å². The van der Waals surface area contributed by atoms with Crippen LogP contribution in [0.15, 0.2) is 22.7 Å². The topological polar surface area (TPSA) is 38.3 Å². The second-order valence-electron chi connectivity index (χ2n) is 4.02. The Kier molecular flexibility index (Phi) is 6.29. The highest BCUT2D eigenvalue weighted by atomic mass is 79.9. The smallest absolute Gasteiger partial charge is 0.254 e. The predicted octanol–water partition coefficient (Wildman–Crippen LogP) is 3.13. The maximum Gasteiger partial charge on any atom is 0.254 e. The van der Waals surface area contributed by atoms with Crippen molar-refractivity contribution in [3.63, 3.8) is 0 Å². The van der Waals surface area contributed by atoms with Crippen LogP contribution in [0.5, 0.6) is 0 Å². The average molecular weight is 318 g/mol. The number of ether oxygens (including phenoxy) is 1. The summed E-state index contributed by atoms with van der Waals surface area (Å²) in [7, 11) is 1.58. The Morgan fingerprint density at radius 1 is 1.56 bits per heavy atom. The zero-order valence-corrected chi connectivity index (χ0v) is 12.1. The summed E-state index contributed by atoms with van der Waals surface area (Å²) in [4.78, 5) is 12.0. The molecule has 0 spiro atoms. The quantitative estimate of drug-likeness (QED) is 0.875. The molecular formula is C13H17BrFNO2. The lowest BCUT2D eigenvalue weighted by Gasteiger charge is -2.17. The lowest BCUT2D eigenvalue weighted by molar-refractivity contribution is 0.0887. The van der Waals surface area contributed by atoms with Crippen molar-refractivity contribution in [3.05, 3.63) is 34.1 Å². The van der Waals surface area contributed by atoms with E-state index < -0.39 is 11.7 Å². The van der Waals surface area contributed by atoms with Gasteiger partial charge < -0.3 is 10.1 Å². The third-order valence-electron chi connectivity index (χ3n) is 2.54. The van der Waals surface area contributed by atoms with Gasteiger partial charge in [0.2, 0.25) is 0 Å². The number of hydrogen-bond donors (Lipinski definition) is 1. The van der Waals surface area contributed by atoms with Crippen molar-refractivity contribution in [2.45, 2.75) is 25.8 Å². The van der Waals surface area contributed by atoms with Gasteiger partial charge in [0.15, 0.2) is 0 Å². The van der Waals surface area contributed by atoms with Crippen LogP contribution in [0.4, 0.5) is 4.39 Å². The van der Waals surface area contributed by atoms with E-state index >= 15 is 0 Å². The largest absolute Gasteiger partial charge is 0.383 e. The summed E-state index contributed by atoms with van der Waals surface area (Å²) in [5, 5.41) is 2.78. The molecule has 0 aliphatic carbocycles. The Balaban J connectivity index is 2.77. The molecule has 1 N–H and O–H groups in total. The number of amides is 1. The Morgan fingerprint density at radius 3 is 2.89 bits per heavy atom. The molecule has 18 heavy (non-hydrogen) atoms. The van der Waals surface area contributed by atoms with Gasteiger partial charge in [0.1, 0.15) is 5.82 Å². The molecule has 100 valence electrons. The fourth-order valence-corrected chi connectivity index (χ4v) is 2.06. The first kappa shape index (κ1) is 15.1. The van der Waals surface area contributed by atoms with Crippen molar-refractivity contribution in [2.24, 2.45) is 0 Å². The number of methoxy groups -OCH3 is 1. The maximum absolute atomic E-state index is 13.7. The lowest BCUT2D eigenvalue weighted by Crippen LogP contribution is -2.38. The summed E-state index contributed by atoms with van der Waals surface area (Å²) in [5.74, 6) is -0.952. The normalized spacial score (nSPS) is 12.2. The summed E-state index contributed by atoms with van der Waals surface area (Å²) >= 11 is 3.06. The minimum Gasteiger partial charge on any atom is -0.383 e. The number of hydrogen-bond acceptors (Lipinski definition) is 2. The fraction of sp³-hybridized carbons (Fsp3) is 0.462. The van der Waals surface area contributed by atoms with Crippen molar-refractivity contribution >= 4 is 21.8 Å². The molecule has 1 unspecified atom stereocenters. The molecule has 0 heterocycles. The Morgan fingerprint density at radius 2 is 2.28 bits per heavy atom. The second-order valence-corrected chi connectivity index (χ2v) is 4.87. The van der Waals surface area contributed by atoms with Crippen LogP contribution in [0.1, 0.15) is 30.1 Å². The van der Waals surface area contributed by atoms with Gasteiger partial charge in [-0.1, -0.05) is 19.4 Å². The van der Waals surface area contributed by atoms with Crippen LogP contribution in [0.2, 0.25) is 0 Å². The fourth-order valence-electron chi connectivity index (χ4n) is 1.69. The lowest BCUT2D eigenvalue weighted by atomic mass is 10.1. The first-order valence-electron chi connectivity index (χ1n) is 5.84. The Bertz CT molecular complexity index is 406. The van der Waals surface area contributed by atoms with Crippen LogP contribution in [-0.2, 0) is 4.74 Å². The number of benzene rings is 1. The molecule has 3 nitrogen and oxygen atoms in total. The van der Waals surface area contributed by atoms with Gasteiger partial charge in [0.05, 0.1) is 22.7 Å². The molecule has 0 aromatic heterocycles. The van der Waals surface area contributed by atoms with Gasteiger partial charge in [-0.25, -0.2) is 4.39 Å². The van der Waals surface area contributed by atoms with Crippen molar-refractivity contribution in [2.75, 3.05) is 13.7 Å². The van der Waals surface area contributed by atoms with E-state index in [1.165, 1.54) is 6.07 Å². The van der Waals surface area contributed by atoms with Crippen LogP contribution in [0.3, 0.4) is 0 Å². The zero-order valence-electron chi connectivity index (χ0n) is 10.5. The molecule has 1 rings (SSSR count). The summed E-state index contributed by atoms with van der Waals surface area (Å²) in [6.45, 7) is 2.45. The highest BCUT2D eigenvalue weighted by Gasteiger charge is 2.17. The Labute approximate surface area is 115 Å². The van der Waals surface area contributed by atoms with Gasteiger partial charge >= 0.3 is 0 Å². The molecule has 0 fully saturated rings. The molecular weight excluding hydrogens is 301 g/mol. The summed E-state index contributed by atoms with van der Waals surface area (Å²) in [6, 6.07) is 4.56. The van der Waals surface area contributed by atoms with E-state index in [0.717, 1.165) is 12.8 Å². The van der Waals surface area contributed by atoms with E-state index in [4.69, 9.17) is 4.74 Å². The second kappa shape index (κ2) is 7.48. The highest BCUT2D eigenvalue weighted by Crippen LogP contribution is 2.18. The number of carbonyl (C=O) groups excluding carboxylic acids is 1. The zero-order chi connectivity index (χ0) is 13.5. The minimum absolute atomic E-state index is 0.0431. The van der Waals surface area contributed by atoms with Crippen LogP contribution in [0.25, 0.3) is 0 Å². The molecule has 0 aliphatic heterocycles. The highest BCUT2D eigenvalue weighted by molar-refractivity contribution is 9.10. The van der Waals surface area contributed by atoms with Crippen LogP contribution in [-0.4, -0.2) is 25.7 Å². The van der Waals surface area contributed by atoms with Crippen LogP contribution >= 0.6 is 15.9 Å². The van der Waals surface area contributed by atoms with Crippen molar-refractivity contribution in [1.29, 1.82) is 0 Å². The monoisotopic (exact) mass is 317 g/mol. The molecule has 0 saturated heterocycles. The Hall–Kier alpha value is -0.940. The van der Waals surface area contributed by atoms with E-state index in [1.54, 1.807) is 19.2 Å². The predicted molar refractivity (Wildman–Crippen MR) is 72.1 cm³/mol. The first-order valence-corrected chi connectivity index (χ1v) is 6.63. The molecule has 1 aromatic carbocycles. The van der Waals surface area contributed by atoms with Gasteiger partial charge in [0, 0.05) is 7.11 Å². The summed E-state index contributed by atoms with van der Waals surface area (Å²) < 4.78 is 19.1. The standard InChI is InChI=1S/C13H17BrFNO2/c1-3-5-9(8-18-2)16-13(17)10-6-4-7-11(14)12(10)15/h4,6-7,9H,3,5,8H2,1-2H3,(H,16,17). The number of nitrogens with one attached hydrogen (secondary N) is 1. The van der Waals surface area contributed by atoms with E-state index in [2.05, 4.69) is 21.2 Å². The summed E-state index contributed by atoms with van der Waals surface area (Å²) in [6.07, 6.45) is 1.73. The molecule has 0 aliphatic rings. The molecule has 0 radical (unpaired) electrons. The maximum atomic E-state index is 13.7. The van der Waals surface area contributed by atoms with Gasteiger partial charge in [-0.05, 0) is 34.5 Å². The molecule has 0 saturated carbocycles. The average Bonchev–Trinajstić information content (AvgIpc) is 2.33. The minimum atomic E-state index is -0.539. The number of halogens is 2. The molecule has 1 atom stereocenters. The van der Waals surface area contributed by atoms with Crippen molar-refractivity contribution < 1.29 is 13.9 Å². The summed E-state index contributed by atoms with van der Waals surface area (Å²) in [5.41, 5.74) is 0.0431. The van der Waals surface area contributed by atoms with Gasteiger partial charge in [0.25, 0.3) is 5.91 Å². The van der Waals surface area contributed by atoms with Gasteiger partial charge in [-0.15, -0.1) is 0 Å². The number of rotatable bonds is 6. The van der Waals surface area contributed by atoms with E-state index in [0.29, 0.717) is 6.61 Å². The molecule has 1 amide bonds. The molecule has 5 heteroatoms. The SMILES string of the molecule is CCCC(COC)NC(=O)c1cccc(Br)c1F. The third kappa shape index (κ3) is 4.07. The van der Waals surface area contributed by atoms with Gasteiger partial charge in [-0.3, -0.25) is 4.79 Å². The van der Waals surface area contributed by atoms with Crippen LogP contribution in [0, 0.1) is 5.82 Å². The van der Waals surface area contributed by atoms with E-state index in [-0.39, 0.29) is 16.1 Å². The first-order chi connectivity index (χ1) is 8.60. The van der Waals surface area contributed by atoms with E-state index in [9.17, 15) is 9.18 Å².